The van der Waals surface area contributed by atoms with Gasteiger partial charge in [-0.05, 0) is 99.9 Å². The van der Waals surface area contributed by atoms with Gasteiger partial charge in [-0.15, -0.1) is 0 Å². The molecule has 0 spiro atoms. The molecule has 4 nitrogen and oxygen atoms in total. The van der Waals surface area contributed by atoms with E-state index in [2.05, 4.69) is 96.7 Å². The van der Waals surface area contributed by atoms with Gasteiger partial charge in [0.25, 0.3) is 0 Å². The summed E-state index contributed by atoms with van der Waals surface area (Å²) in [6.07, 6.45) is 12.2. The highest BCUT2D eigenvalue weighted by Crippen LogP contribution is 2.22. The van der Waals surface area contributed by atoms with Crippen molar-refractivity contribution < 1.29 is 0 Å². The molecule has 2 N–H and O–H groups in total. The highest BCUT2D eigenvalue weighted by molar-refractivity contribution is 6.09. The van der Waals surface area contributed by atoms with Crippen molar-refractivity contribution in [1.82, 2.24) is 0 Å². The quantitative estimate of drug-likeness (QED) is 0.193. The Morgan fingerprint density at radius 2 is 0.881 bits per heavy atom. The molecule has 0 heterocycles. The van der Waals surface area contributed by atoms with Crippen molar-refractivity contribution >= 4 is 23.0 Å². The molecule has 2 aliphatic carbocycles. The Hall–Kier alpha value is -4.28. The number of nitrogens with one attached hydrogen (secondary N) is 2. The van der Waals surface area contributed by atoms with E-state index < -0.39 is 0 Å². The number of rotatable bonds is 4. The molecule has 42 heavy (non-hydrogen) atoms. The third kappa shape index (κ3) is 9.39. The molecule has 0 aromatic heterocycles. The van der Waals surface area contributed by atoms with E-state index in [9.17, 15) is 0 Å². The van der Waals surface area contributed by atoms with Gasteiger partial charge in [0.2, 0.25) is 0 Å². The Morgan fingerprint density at radius 1 is 0.524 bits per heavy atom. The molecule has 0 bridgehead atoms. The van der Waals surface area contributed by atoms with Gasteiger partial charge in [0.1, 0.15) is 0 Å². The maximum Gasteiger partial charge on any atom is 0.179 e. The first-order valence-corrected chi connectivity index (χ1v) is 15.6. The summed E-state index contributed by atoms with van der Waals surface area (Å²) >= 11 is 0. The maximum absolute atomic E-state index is 5.01. The van der Waals surface area contributed by atoms with Crippen molar-refractivity contribution in [2.75, 3.05) is 10.6 Å². The summed E-state index contributed by atoms with van der Waals surface area (Å²) in [7, 11) is 0. The first-order valence-electron chi connectivity index (χ1n) is 15.6. The van der Waals surface area contributed by atoms with Crippen molar-refractivity contribution in [2.45, 2.75) is 90.1 Å². The summed E-state index contributed by atoms with van der Waals surface area (Å²) in [5.74, 6) is 14.7. The average molecular weight is 555 g/mol. The number of anilines is 2. The zero-order valence-electron chi connectivity index (χ0n) is 25.0. The largest absolute Gasteiger partial charge is 0.333 e. The molecule has 2 fully saturated rings. The molecule has 2 aliphatic rings. The molecule has 214 valence electrons. The van der Waals surface area contributed by atoms with Crippen molar-refractivity contribution in [1.29, 1.82) is 0 Å². The normalized spacial score (nSPS) is 16.5. The van der Waals surface area contributed by atoms with Gasteiger partial charge in [0, 0.05) is 22.5 Å². The zero-order valence-corrected chi connectivity index (χ0v) is 25.0. The summed E-state index contributed by atoms with van der Waals surface area (Å²) in [5, 5.41) is 6.92. The van der Waals surface area contributed by atoms with Gasteiger partial charge in [-0.2, -0.15) is 0 Å². The Morgan fingerprint density at radius 3 is 1.24 bits per heavy atom. The average Bonchev–Trinajstić information content (AvgIpc) is 3.02. The van der Waals surface area contributed by atoms with E-state index in [0.29, 0.717) is 12.1 Å². The van der Waals surface area contributed by atoms with Gasteiger partial charge in [0.15, 0.2) is 11.7 Å². The van der Waals surface area contributed by atoms with Crippen LogP contribution in [0.5, 0.6) is 0 Å². The Balaban J connectivity index is 1.31. The zero-order chi connectivity index (χ0) is 29.0. The number of hydrogen-bond donors (Lipinski definition) is 2. The minimum atomic E-state index is 0.344. The second-order valence-corrected chi connectivity index (χ2v) is 11.6. The van der Waals surface area contributed by atoms with Crippen LogP contribution in [0.4, 0.5) is 11.4 Å². The van der Waals surface area contributed by atoms with Crippen LogP contribution in [-0.2, 0) is 0 Å². The molecule has 5 rings (SSSR count). The van der Waals surface area contributed by atoms with Crippen LogP contribution in [0.15, 0.2) is 82.8 Å². The fourth-order valence-corrected chi connectivity index (χ4v) is 5.42. The lowest BCUT2D eigenvalue weighted by Gasteiger charge is -2.18. The number of amidine groups is 2. The minimum Gasteiger partial charge on any atom is -0.333 e. The van der Waals surface area contributed by atoms with Gasteiger partial charge in [-0.25, -0.2) is 0 Å². The van der Waals surface area contributed by atoms with Crippen molar-refractivity contribution in [3.8, 4) is 23.7 Å². The van der Waals surface area contributed by atoms with E-state index in [1.54, 1.807) is 0 Å². The molecule has 0 aliphatic heterocycles. The maximum atomic E-state index is 5.01. The van der Waals surface area contributed by atoms with Gasteiger partial charge in [-0.3, -0.25) is 9.98 Å². The van der Waals surface area contributed by atoms with Crippen molar-refractivity contribution in [3.05, 3.63) is 95.1 Å². The molecule has 0 radical (unpaired) electrons. The highest BCUT2D eigenvalue weighted by Gasteiger charge is 2.14. The van der Waals surface area contributed by atoms with Crippen molar-refractivity contribution in [3.63, 3.8) is 0 Å². The lowest BCUT2D eigenvalue weighted by atomic mass is 9.96. The van der Waals surface area contributed by atoms with E-state index in [0.717, 1.165) is 59.9 Å². The Kier molecular flexibility index (Phi) is 10.5. The Labute approximate surface area is 252 Å². The molecule has 3 aromatic rings. The standard InChI is InChI=1S/C38H42N4/c1-29-13-23-35(24-14-29)41-37(39-33-9-5-3-6-10-33)27-21-31-17-19-32(20-18-31)22-28-38(40-34-11-7-4-8-12-34)42-36-25-15-30(2)16-26-36/h13-20,23-26,33-34H,3-12H2,1-2H3,(H,39,41)(H,40,42). The summed E-state index contributed by atoms with van der Waals surface area (Å²) in [4.78, 5) is 10.0. The van der Waals surface area contributed by atoms with Crippen LogP contribution in [0.3, 0.4) is 0 Å². The lowest BCUT2D eigenvalue weighted by Crippen LogP contribution is -2.17. The van der Waals surface area contributed by atoms with Crippen molar-refractivity contribution in [2.24, 2.45) is 9.98 Å². The van der Waals surface area contributed by atoms with E-state index in [4.69, 9.17) is 9.98 Å². The van der Waals surface area contributed by atoms with Gasteiger partial charge in [0.05, 0.1) is 12.1 Å². The van der Waals surface area contributed by atoms with Crippen LogP contribution >= 0.6 is 0 Å². The van der Waals surface area contributed by atoms with Gasteiger partial charge in [-0.1, -0.05) is 85.8 Å². The molecule has 4 heteroatoms. The molecular formula is C38H42N4. The molecule has 0 saturated heterocycles. The number of hydrogen-bond acceptors (Lipinski definition) is 2. The van der Waals surface area contributed by atoms with Crippen LogP contribution in [0.1, 0.15) is 86.5 Å². The molecular weight excluding hydrogens is 512 g/mol. The summed E-state index contributed by atoms with van der Waals surface area (Å²) in [6.45, 7) is 4.19. The van der Waals surface area contributed by atoms with Gasteiger partial charge >= 0.3 is 0 Å². The lowest BCUT2D eigenvalue weighted by molar-refractivity contribution is 0.443. The predicted molar refractivity (Wildman–Crippen MR) is 178 cm³/mol. The SMILES string of the molecule is Cc1ccc(NC(C#Cc2ccc(C#CC(=NC3CCCCC3)Nc3ccc(C)cc3)cc2)=NC2CCCCC2)cc1. The Bertz CT molecular complexity index is 1360. The fourth-order valence-electron chi connectivity index (χ4n) is 5.42. The topological polar surface area (TPSA) is 48.8 Å². The van der Waals surface area contributed by atoms with Crippen LogP contribution in [-0.4, -0.2) is 23.8 Å². The second kappa shape index (κ2) is 15.1. The molecule has 0 atom stereocenters. The molecule has 3 aromatic carbocycles. The minimum absolute atomic E-state index is 0.344. The third-order valence-electron chi connectivity index (χ3n) is 7.94. The predicted octanol–water partition coefficient (Wildman–Crippen LogP) is 8.69. The number of aliphatic imine (C=N–C) groups is 2. The van der Waals surface area contributed by atoms with Gasteiger partial charge < -0.3 is 10.6 Å². The van der Waals surface area contributed by atoms with Crippen LogP contribution in [0.2, 0.25) is 0 Å². The van der Waals surface area contributed by atoms with E-state index >= 15 is 0 Å². The third-order valence-corrected chi connectivity index (χ3v) is 7.94. The summed E-state index contributed by atoms with van der Waals surface area (Å²) in [5.41, 5.74) is 6.38. The van der Waals surface area contributed by atoms with E-state index in [1.165, 1.54) is 49.7 Å². The number of benzene rings is 3. The van der Waals surface area contributed by atoms with E-state index in [-0.39, 0.29) is 0 Å². The first kappa shape index (κ1) is 29.2. The number of nitrogens with zero attached hydrogens (tertiary/aromatic N) is 2. The number of aryl methyl sites for hydroxylation is 2. The molecule has 0 amide bonds. The second-order valence-electron chi connectivity index (χ2n) is 11.6. The first-order chi connectivity index (χ1) is 20.6. The molecule has 0 unspecified atom stereocenters. The monoisotopic (exact) mass is 554 g/mol. The van der Waals surface area contributed by atoms with Crippen LogP contribution < -0.4 is 10.6 Å². The van der Waals surface area contributed by atoms with Crippen LogP contribution in [0.25, 0.3) is 0 Å². The summed E-state index contributed by atoms with van der Waals surface area (Å²) < 4.78 is 0. The smallest absolute Gasteiger partial charge is 0.179 e. The fraction of sp³-hybridized carbons (Fsp3) is 0.368. The van der Waals surface area contributed by atoms with E-state index in [1.807, 2.05) is 24.3 Å². The molecule has 2 saturated carbocycles. The summed E-state index contributed by atoms with van der Waals surface area (Å²) in [6, 6.07) is 25.6. The highest BCUT2D eigenvalue weighted by atomic mass is 15.0. The van der Waals surface area contributed by atoms with Crippen LogP contribution in [0, 0.1) is 37.5 Å².